The molecule has 1 heterocycles. The quantitative estimate of drug-likeness (QED) is 0.664. The Hall–Kier alpha value is -0.390. The Morgan fingerprint density at radius 3 is 2.65 bits per heavy atom. The first-order valence-electron chi connectivity index (χ1n) is 6.34. The van der Waals surface area contributed by atoms with Crippen LogP contribution < -0.4 is 11.3 Å². The minimum Gasteiger partial charge on any atom is -0.271 e. The van der Waals surface area contributed by atoms with Crippen LogP contribution in [-0.2, 0) is 0 Å². The number of aromatic nitrogens is 2. The molecule has 0 bridgehead atoms. The summed E-state index contributed by atoms with van der Waals surface area (Å²) in [6.07, 6.45) is 7.01. The summed E-state index contributed by atoms with van der Waals surface area (Å²) in [6.45, 7) is 4.29. The molecule has 1 aromatic heterocycles. The van der Waals surface area contributed by atoms with Gasteiger partial charge in [-0.05, 0) is 48.5 Å². The van der Waals surface area contributed by atoms with Gasteiger partial charge in [-0.3, -0.25) is 16.0 Å². The van der Waals surface area contributed by atoms with Crippen molar-refractivity contribution in [3.8, 4) is 0 Å². The lowest BCUT2D eigenvalue weighted by molar-refractivity contribution is 0.340. The second-order valence-corrected chi connectivity index (χ2v) is 5.96. The molecule has 1 atom stereocenters. The van der Waals surface area contributed by atoms with Crippen molar-refractivity contribution in [1.29, 1.82) is 0 Å². The Labute approximate surface area is 111 Å². The van der Waals surface area contributed by atoms with Gasteiger partial charge in [0.2, 0.25) is 0 Å². The van der Waals surface area contributed by atoms with Crippen LogP contribution >= 0.6 is 15.9 Å². The van der Waals surface area contributed by atoms with E-state index >= 15 is 0 Å². The normalized spacial score (nSPS) is 19.1. The zero-order valence-electron chi connectivity index (χ0n) is 10.5. The molecule has 0 radical (unpaired) electrons. The van der Waals surface area contributed by atoms with Gasteiger partial charge in [-0.1, -0.05) is 12.8 Å². The van der Waals surface area contributed by atoms with Crippen LogP contribution in [0.25, 0.3) is 0 Å². The summed E-state index contributed by atoms with van der Waals surface area (Å²) in [7, 11) is 0. The molecule has 0 aliphatic heterocycles. The fourth-order valence-corrected chi connectivity index (χ4v) is 3.30. The number of halogens is 1. The van der Waals surface area contributed by atoms with Crippen molar-refractivity contribution in [3.63, 3.8) is 0 Å². The monoisotopic (exact) mass is 300 g/mol. The number of nitrogens with zero attached hydrogens (tertiary/aromatic N) is 2. The van der Waals surface area contributed by atoms with Crippen LogP contribution in [0.3, 0.4) is 0 Å². The molecular formula is C12H21BrN4. The minimum atomic E-state index is 0.205. The molecule has 1 aliphatic carbocycles. The number of rotatable bonds is 4. The van der Waals surface area contributed by atoms with E-state index in [1.165, 1.54) is 31.4 Å². The highest BCUT2D eigenvalue weighted by atomic mass is 79.9. The number of nitrogens with two attached hydrogens (primary N) is 1. The zero-order chi connectivity index (χ0) is 12.4. The fraction of sp³-hybridized carbons (Fsp3) is 0.750. The molecule has 3 N–H and O–H groups in total. The summed E-state index contributed by atoms with van der Waals surface area (Å²) in [5.74, 6) is 6.40. The smallest absolute Gasteiger partial charge is 0.0715 e. The molecule has 1 aliphatic rings. The highest BCUT2D eigenvalue weighted by Crippen LogP contribution is 2.38. The lowest BCUT2D eigenvalue weighted by Gasteiger charge is -2.25. The Bertz CT molecular complexity index is 369. The summed E-state index contributed by atoms with van der Waals surface area (Å²) in [4.78, 5) is 0. The SMILES string of the molecule is CC(C)n1ncc(Br)c1C(NN)C1CCCC1. The summed E-state index contributed by atoms with van der Waals surface area (Å²) in [5.41, 5.74) is 4.18. The van der Waals surface area contributed by atoms with E-state index in [0.717, 1.165) is 4.47 Å². The summed E-state index contributed by atoms with van der Waals surface area (Å²) < 4.78 is 3.12. The first-order chi connectivity index (χ1) is 8.15. The van der Waals surface area contributed by atoms with Gasteiger partial charge in [0.1, 0.15) is 0 Å². The topological polar surface area (TPSA) is 55.9 Å². The standard InChI is InChI=1S/C12H21BrN4/c1-8(2)17-12(10(13)7-15-17)11(16-14)9-5-3-4-6-9/h7-9,11,16H,3-6,14H2,1-2H3. The first-order valence-corrected chi connectivity index (χ1v) is 7.13. The molecule has 17 heavy (non-hydrogen) atoms. The molecule has 2 rings (SSSR count). The highest BCUT2D eigenvalue weighted by molar-refractivity contribution is 9.10. The molecule has 1 saturated carbocycles. The van der Waals surface area contributed by atoms with Gasteiger partial charge < -0.3 is 0 Å². The second kappa shape index (κ2) is 5.50. The predicted octanol–water partition coefficient (Wildman–Crippen LogP) is 2.92. The summed E-state index contributed by atoms with van der Waals surface area (Å²) in [5, 5.41) is 4.43. The molecule has 0 aromatic carbocycles. The zero-order valence-corrected chi connectivity index (χ0v) is 12.1. The minimum absolute atomic E-state index is 0.205. The van der Waals surface area contributed by atoms with Crippen molar-refractivity contribution in [3.05, 3.63) is 16.4 Å². The summed E-state index contributed by atoms with van der Waals surface area (Å²) >= 11 is 3.60. The van der Waals surface area contributed by atoms with Crippen LogP contribution in [0.5, 0.6) is 0 Å². The van der Waals surface area contributed by atoms with Gasteiger partial charge >= 0.3 is 0 Å². The molecule has 5 heteroatoms. The highest BCUT2D eigenvalue weighted by Gasteiger charge is 2.30. The van der Waals surface area contributed by atoms with Crippen molar-refractivity contribution in [2.75, 3.05) is 0 Å². The van der Waals surface area contributed by atoms with E-state index in [-0.39, 0.29) is 6.04 Å². The molecule has 0 saturated heterocycles. The molecular weight excluding hydrogens is 280 g/mol. The lowest BCUT2D eigenvalue weighted by Crippen LogP contribution is -2.34. The number of hydrogen-bond acceptors (Lipinski definition) is 3. The van der Waals surface area contributed by atoms with Crippen molar-refractivity contribution < 1.29 is 0 Å². The van der Waals surface area contributed by atoms with Crippen LogP contribution in [0.1, 0.15) is 57.3 Å². The molecule has 1 fully saturated rings. The maximum atomic E-state index is 5.77. The third-order valence-corrected chi connectivity index (χ3v) is 4.23. The molecule has 4 nitrogen and oxygen atoms in total. The van der Waals surface area contributed by atoms with Crippen LogP contribution in [0.2, 0.25) is 0 Å². The maximum absolute atomic E-state index is 5.77. The number of hydrogen-bond donors (Lipinski definition) is 2. The average molecular weight is 301 g/mol. The molecule has 96 valence electrons. The van der Waals surface area contributed by atoms with Gasteiger partial charge in [-0.15, -0.1) is 0 Å². The maximum Gasteiger partial charge on any atom is 0.0715 e. The van der Waals surface area contributed by atoms with Gasteiger partial charge in [0.05, 0.1) is 22.4 Å². The molecule has 0 spiro atoms. The lowest BCUT2D eigenvalue weighted by atomic mass is 9.95. The van der Waals surface area contributed by atoms with Crippen LogP contribution in [0.4, 0.5) is 0 Å². The van der Waals surface area contributed by atoms with E-state index in [9.17, 15) is 0 Å². The van der Waals surface area contributed by atoms with Gasteiger partial charge in [-0.2, -0.15) is 5.10 Å². The molecule has 1 aromatic rings. The van der Waals surface area contributed by atoms with Gasteiger partial charge in [-0.25, -0.2) is 0 Å². The van der Waals surface area contributed by atoms with E-state index in [4.69, 9.17) is 5.84 Å². The third kappa shape index (κ3) is 2.56. The largest absolute Gasteiger partial charge is 0.271 e. The van der Waals surface area contributed by atoms with E-state index in [1.54, 1.807) is 0 Å². The van der Waals surface area contributed by atoms with E-state index in [2.05, 4.69) is 45.0 Å². The van der Waals surface area contributed by atoms with E-state index in [0.29, 0.717) is 12.0 Å². The number of nitrogens with one attached hydrogen (secondary N) is 1. The molecule has 1 unspecified atom stereocenters. The van der Waals surface area contributed by atoms with Crippen molar-refractivity contribution in [1.82, 2.24) is 15.2 Å². The van der Waals surface area contributed by atoms with Crippen molar-refractivity contribution in [2.45, 2.75) is 51.6 Å². The Morgan fingerprint density at radius 1 is 1.47 bits per heavy atom. The van der Waals surface area contributed by atoms with Crippen molar-refractivity contribution in [2.24, 2.45) is 11.8 Å². The van der Waals surface area contributed by atoms with Crippen molar-refractivity contribution >= 4 is 15.9 Å². The van der Waals surface area contributed by atoms with Gasteiger partial charge in [0.25, 0.3) is 0 Å². The molecule has 0 amide bonds. The fourth-order valence-electron chi connectivity index (χ4n) is 2.78. The Kier molecular flexibility index (Phi) is 4.22. The van der Waals surface area contributed by atoms with E-state index in [1.807, 2.05) is 6.20 Å². The van der Waals surface area contributed by atoms with Crippen LogP contribution in [0, 0.1) is 5.92 Å². The Morgan fingerprint density at radius 2 is 2.12 bits per heavy atom. The predicted molar refractivity (Wildman–Crippen MR) is 72.3 cm³/mol. The third-order valence-electron chi connectivity index (χ3n) is 3.62. The summed E-state index contributed by atoms with van der Waals surface area (Å²) in [6, 6.07) is 0.560. The van der Waals surface area contributed by atoms with Crippen LogP contribution in [0.15, 0.2) is 10.7 Å². The Balaban J connectivity index is 2.32. The van der Waals surface area contributed by atoms with Gasteiger partial charge in [0, 0.05) is 6.04 Å². The second-order valence-electron chi connectivity index (χ2n) is 5.10. The van der Waals surface area contributed by atoms with E-state index < -0.39 is 0 Å². The van der Waals surface area contributed by atoms with Crippen LogP contribution in [-0.4, -0.2) is 9.78 Å². The average Bonchev–Trinajstić information content (AvgIpc) is 2.91. The van der Waals surface area contributed by atoms with Gasteiger partial charge in [0.15, 0.2) is 0 Å². The number of hydrazine groups is 1. The first kappa shape index (κ1) is 13.1.